The Morgan fingerprint density at radius 2 is 0.878 bits per heavy atom. The molecule has 21 nitrogen and oxygen atoms in total. The molecule has 0 aromatic heterocycles. The van der Waals surface area contributed by atoms with Crippen LogP contribution in [0.1, 0.15) is 185 Å². The maximum Gasteiger partial charge on any atom is 0.410 e. The summed E-state index contributed by atoms with van der Waals surface area (Å²) in [6, 6.07) is 18.4. The number of nitrogens with zero attached hydrogens (tertiary/aromatic N) is 4. The number of ether oxygens (including phenoxy) is 8. The number of likely N-dealkylation sites (N-methyl/N-ethyl adjacent to an activating group) is 4. The van der Waals surface area contributed by atoms with E-state index in [4.69, 9.17) is 37.9 Å². The molecule has 0 N–H and O–H groups in total. The van der Waals surface area contributed by atoms with Gasteiger partial charge in [-0.25, -0.2) is 37.5 Å². The minimum atomic E-state index is -2.14. The zero-order chi connectivity index (χ0) is 71.8. The second-order valence-corrected chi connectivity index (χ2v) is 29.3. The molecule has 2 aliphatic carbocycles. The standard InChI is InChI=1S/C75H104F2N4O17/c1-47(94-68(86)58(41-50-19-20-50)79(11)66(84)63(43-52-25-30-55(31-26-52)57-35-39-92-40-36-57)97-71(89)61(45-75(8,9)77)81(13)72(90)98-73(3,4)5)64(82)80(12)60(44-74(6,7)76)70(88)96-62(32-27-49-23-28-54(29-24-49)56-33-37-91-38-34-56)65(83)78(10)59(42-51-21-22-51)69(87)95-48(2)67(85)93-46-53-17-15-14-16-18-53/h14-18,23-26,28-31,47-48,50-51,56-63H,19-22,27,32-46H2,1-13H3/t47-,48-,58+,59+,60+,61+,62-,63-/m1/s1. The van der Waals surface area contributed by atoms with Crippen molar-refractivity contribution < 1.29 is 89.8 Å². The van der Waals surface area contributed by atoms with Gasteiger partial charge in [0.25, 0.3) is 17.7 Å². The summed E-state index contributed by atoms with van der Waals surface area (Å²) in [4.78, 5) is 134. The molecule has 8 atom stereocenters. The Hall–Kier alpha value is -7.53. The first-order valence-electron chi connectivity index (χ1n) is 34.6. The van der Waals surface area contributed by atoms with Gasteiger partial charge >= 0.3 is 35.9 Å². The number of esters is 5. The Bertz CT molecular complexity index is 3170. The van der Waals surface area contributed by atoms with Gasteiger partial charge in [0, 0.05) is 73.9 Å². The lowest BCUT2D eigenvalue weighted by Gasteiger charge is -2.35. The van der Waals surface area contributed by atoms with E-state index in [0.717, 1.165) is 80.4 Å². The van der Waals surface area contributed by atoms with E-state index < -0.39 is 132 Å². The van der Waals surface area contributed by atoms with Crippen LogP contribution in [0.3, 0.4) is 0 Å². The minimum absolute atomic E-state index is 0.0434. The third-order valence-electron chi connectivity index (χ3n) is 18.6. The van der Waals surface area contributed by atoms with Crippen molar-refractivity contribution in [3.63, 3.8) is 0 Å². The average Bonchev–Trinajstić information content (AvgIpc) is 1.32. The third-order valence-corrected chi connectivity index (χ3v) is 18.6. The summed E-state index contributed by atoms with van der Waals surface area (Å²) >= 11 is 0. The first kappa shape index (κ1) is 77.8. The summed E-state index contributed by atoms with van der Waals surface area (Å²) in [7, 11) is 5.21. The van der Waals surface area contributed by atoms with Crippen molar-refractivity contribution in [3.8, 4) is 0 Å². The molecule has 4 aliphatic rings. The van der Waals surface area contributed by atoms with Gasteiger partial charge in [-0.05, 0) is 165 Å². The molecule has 0 spiro atoms. The van der Waals surface area contributed by atoms with Gasteiger partial charge in [-0.2, -0.15) is 0 Å². The molecule has 98 heavy (non-hydrogen) atoms. The van der Waals surface area contributed by atoms with E-state index in [0.29, 0.717) is 50.8 Å². The van der Waals surface area contributed by atoms with Crippen LogP contribution in [0.5, 0.6) is 0 Å². The molecule has 2 saturated heterocycles. The fraction of sp³-hybridized carbons (Fsp3) is 0.640. The van der Waals surface area contributed by atoms with E-state index in [2.05, 4.69) is 0 Å². The van der Waals surface area contributed by atoms with E-state index in [9.17, 15) is 33.6 Å². The van der Waals surface area contributed by atoms with Crippen LogP contribution in [0.4, 0.5) is 13.6 Å². The van der Waals surface area contributed by atoms with Gasteiger partial charge in [-0.3, -0.25) is 19.3 Å². The Labute approximate surface area is 576 Å². The van der Waals surface area contributed by atoms with Crippen LogP contribution in [0.2, 0.25) is 0 Å². The van der Waals surface area contributed by atoms with Crippen molar-refractivity contribution in [2.45, 2.75) is 243 Å². The van der Waals surface area contributed by atoms with Crippen LogP contribution in [-0.2, 0) is 95.7 Å². The van der Waals surface area contributed by atoms with Gasteiger partial charge in [0.1, 0.15) is 47.7 Å². The van der Waals surface area contributed by atoms with Crippen LogP contribution in [-0.4, -0.2) is 193 Å². The largest absolute Gasteiger partial charge is 0.458 e. The van der Waals surface area contributed by atoms with Gasteiger partial charge in [0.15, 0.2) is 24.4 Å². The highest BCUT2D eigenvalue weighted by Crippen LogP contribution is 2.38. The molecule has 3 aromatic rings. The number of amides is 4. The molecule has 540 valence electrons. The van der Waals surface area contributed by atoms with E-state index in [1.807, 2.05) is 54.6 Å². The summed E-state index contributed by atoms with van der Waals surface area (Å²) in [5, 5.41) is 0. The highest BCUT2D eigenvalue weighted by Gasteiger charge is 2.45. The summed E-state index contributed by atoms with van der Waals surface area (Å²) in [5.74, 6) is -7.04. The second kappa shape index (κ2) is 35.0. The number of hydrogen-bond acceptors (Lipinski definition) is 17. The first-order valence-corrected chi connectivity index (χ1v) is 34.6. The number of hydrogen-bond donors (Lipinski definition) is 0. The Kier molecular flexibility index (Phi) is 27.8. The average molecular weight is 1370 g/mol. The minimum Gasteiger partial charge on any atom is -0.458 e. The van der Waals surface area contributed by atoms with Crippen LogP contribution in [0, 0.1) is 11.8 Å². The molecule has 0 bridgehead atoms. The van der Waals surface area contributed by atoms with Crippen molar-refractivity contribution in [2.75, 3.05) is 54.6 Å². The number of halogens is 2. The highest BCUT2D eigenvalue weighted by atomic mass is 19.1. The van der Waals surface area contributed by atoms with Gasteiger partial charge in [0.2, 0.25) is 0 Å². The Morgan fingerprint density at radius 1 is 0.469 bits per heavy atom. The highest BCUT2D eigenvalue weighted by molar-refractivity contribution is 5.93. The molecule has 2 saturated carbocycles. The van der Waals surface area contributed by atoms with Crippen molar-refractivity contribution in [1.82, 2.24) is 19.6 Å². The maximum absolute atomic E-state index is 16.1. The van der Waals surface area contributed by atoms with Crippen LogP contribution < -0.4 is 0 Å². The molecule has 23 heteroatoms. The van der Waals surface area contributed by atoms with E-state index in [1.54, 1.807) is 45.0 Å². The number of rotatable bonds is 33. The number of carbonyl (C=O) groups is 9. The van der Waals surface area contributed by atoms with Crippen LogP contribution >= 0.6 is 0 Å². The molecule has 4 amide bonds. The molecule has 2 heterocycles. The lowest BCUT2D eigenvalue weighted by Crippen LogP contribution is -2.54. The fourth-order valence-corrected chi connectivity index (χ4v) is 12.3. The van der Waals surface area contributed by atoms with Crippen LogP contribution in [0.15, 0.2) is 78.9 Å². The monoisotopic (exact) mass is 1370 g/mol. The molecule has 3 aromatic carbocycles. The van der Waals surface area contributed by atoms with E-state index >= 15 is 18.4 Å². The van der Waals surface area contributed by atoms with Gasteiger partial charge < -0.3 is 52.6 Å². The summed E-state index contributed by atoms with van der Waals surface area (Å²) in [5.41, 5.74) is -0.863. The lowest BCUT2D eigenvalue weighted by atomic mass is 9.90. The van der Waals surface area contributed by atoms with Crippen LogP contribution in [0.25, 0.3) is 0 Å². The zero-order valence-electron chi connectivity index (χ0n) is 59.6. The van der Waals surface area contributed by atoms with Gasteiger partial charge in [-0.15, -0.1) is 0 Å². The maximum atomic E-state index is 16.1. The zero-order valence-corrected chi connectivity index (χ0v) is 59.6. The molecule has 4 fully saturated rings. The summed E-state index contributed by atoms with van der Waals surface area (Å²) in [6.45, 7) is 14.9. The predicted octanol–water partition coefficient (Wildman–Crippen LogP) is 10.7. The lowest BCUT2D eigenvalue weighted by molar-refractivity contribution is -0.176. The molecule has 0 radical (unpaired) electrons. The molecular weight excluding hydrogens is 1270 g/mol. The molecular formula is C75H104F2N4O17. The third kappa shape index (κ3) is 24.1. The smallest absolute Gasteiger partial charge is 0.410 e. The number of aryl methyl sites for hydroxylation is 1. The van der Waals surface area contributed by atoms with E-state index in [1.165, 1.54) is 69.7 Å². The Balaban J connectivity index is 1.11. The molecule has 0 unspecified atom stereocenters. The van der Waals surface area contributed by atoms with Crippen molar-refractivity contribution >= 4 is 53.7 Å². The first-order chi connectivity index (χ1) is 46.1. The Morgan fingerprint density at radius 3 is 1.33 bits per heavy atom. The number of benzene rings is 3. The van der Waals surface area contributed by atoms with Gasteiger partial charge in [0.05, 0.1) is 0 Å². The number of alkyl halides is 2. The molecule has 7 rings (SSSR count). The summed E-state index contributed by atoms with van der Waals surface area (Å²) in [6.07, 6.45) is -1.93. The van der Waals surface area contributed by atoms with Gasteiger partial charge in [-0.1, -0.05) is 105 Å². The normalized spacial score (nSPS) is 18.0. The fourth-order valence-electron chi connectivity index (χ4n) is 12.3. The number of carbonyl (C=O) groups excluding carboxylic acids is 9. The summed E-state index contributed by atoms with van der Waals surface area (Å²) < 4.78 is 77.7. The quantitative estimate of drug-likeness (QED) is 0.0407. The second-order valence-electron chi connectivity index (χ2n) is 29.3. The molecule has 2 aliphatic heterocycles. The van der Waals surface area contributed by atoms with Crippen molar-refractivity contribution in [3.05, 3.63) is 107 Å². The van der Waals surface area contributed by atoms with E-state index in [-0.39, 0.29) is 56.5 Å². The topological polar surface area (TPSA) is 240 Å². The SMILES string of the molecule is C[C@@H](OC(=O)[C@H](CC1CC1)N(C)C(=O)[C@@H](CCc1ccc(C2CCOCC2)cc1)OC(=O)[C@H](CC(C)(C)F)N(C)C(=O)[C@@H](C)OC(=O)[C@H](CC1CC1)N(C)C(=O)[C@@H](Cc1ccc(C2CCOCC2)cc1)OC(=O)[C@H](CC(C)(C)F)N(C)C(=O)OC(C)(C)C)C(=O)OCc1ccccc1. The van der Waals surface area contributed by atoms with Crippen molar-refractivity contribution in [2.24, 2.45) is 11.8 Å². The predicted molar refractivity (Wildman–Crippen MR) is 359 cm³/mol. The van der Waals surface area contributed by atoms with Crippen molar-refractivity contribution in [1.29, 1.82) is 0 Å².